The monoisotopic (exact) mass is 651 g/mol. The Morgan fingerprint density at radius 2 is 1.02 bits per heavy atom. The summed E-state index contributed by atoms with van der Waals surface area (Å²) in [6, 6.07) is 19.9. The molecule has 42 heavy (non-hydrogen) atoms. The molecule has 4 nitrogen and oxygen atoms in total. The zero-order valence-corrected chi connectivity index (χ0v) is 27.4. The van der Waals surface area contributed by atoms with E-state index in [4.69, 9.17) is 0 Å². The molecule has 0 bridgehead atoms. The normalized spacial score (nSPS) is 14.3. The van der Waals surface area contributed by atoms with Gasteiger partial charge in [0.2, 0.25) is 0 Å². The molecule has 0 spiro atoms. The van der Waals surface area contributed by atoms with Gasteiger partial charge in [0.15, 0.2) is 11.6 Å². The topological polar surface area (TPSA) is 58.9 Å². The van der Waals surface area contributed by atoms with Crippen molar-refractivity contribution in [2.75, 3.05) is 0 Å². The number of hydrogen-bond donors (Lipinski definition) is 0. The van der Waals surface area contributed by atoms with Crippen molar-refractivity contribution in [2.45, 2.75) is 79.1 Å². The summed E-state index contributed by atoms with van der Waals surface area (Å²) >= 11 is 0.338. The van der Waals surface area contributed by atoms with Crippen LogP contribution < -0.4 is 4.04 Å². The molecule has 0 saturated carbocycles. The van der Waals surface area contributed by atoms with Gasteiger partial charge in [0.1, 0.15) is 0 Å². The number of rotatable bonds is 6. The summed E-state index contributed by atoms with van der Waals surface area (Å²) in [4.78, 5) is 34.3. The van der Waals surface area contributed by atoms with Gasteiger partial charge in [0.25, 0.3) is 0 Å². The van der Waals surface area contributed by atoms with Crippen molar-refractivity contribution in [1.29, 1.82) is 0 Å². The van der Waals surface area contributed by atoms with Crippen LogP contribution in [0.15, 0.2) is 76.7 Å². The van der Waals surface area contributed by atoms with Gasteiger partial charge < -0.3 is 0 Å². The number of aliphatic imine (C=N–C) groups is 2. The average molecular weight is 652 g/mol. The van der Waals surface area contributed by atoms with Crippen LogP contribution in [0.4, 0.5) is 0 Å². The van der Waals surface area contributed by atoms with Gasteiger partial charge in [-0.1, -0.05) is 70.2 Å². The summed E-state index contributed by atoms with van der Waals surface area (Å²) in [6.45, 7) is 17.5. The Bertz CT molecular complexity index is 1550. The fraction of sp³-hybridized carbons (Fsp3) is 0.324. The molecule has 221 valence electrons. The molecule has 2 aliphatic rings. The molecule has 0 atom stereocenters. The van der Waals surface area contributed by atoms with Crippen molar-refractivity contribution in [3.8, 4) is 0 Å². The van der Waals surface area contributed by atoms with Crippen LogP contribution in [-0.4, -0.2) is 28.2 Å². The Morgan fingerprint density at radius 3 is 1.50 bits per heavy atom. The van der Waals surface area contributed by atoms with E-state index >= 15 is 0 Å². The minimum atomic E-state index is -0.0894. The summed E-state index contributed by atoms with van der Waals surface area (Å²) < 4.78 is 2.43. The van der Waals surface area contributed by atoms with Crippen molar-refractivity contribution in [3.63, 3.8) is 0 Å². The van der Waals surface area contributed by atoms with Crippen LogP contribution in [0.1, 0.15) is 128 Å². The molecular formula is C37H41N2O2Pd. The number of benzene rings is 3. The predicted octanol–water partition coefficient (Wildman–Crippen LogP) is 8.28. The molecule has 0 aromatic heterocycles. The second-order valence-electron chi connectivity index (χ2n) is 11.8. The second kappa shape index (κ2) is 13.7. The minimum Gasteiger partial charge on any atom is -0.289 e. The molecular weight excluding hydrogens is 611 g/mol. The molecule has 0 saturated heterocycles. The number of nitrogens with zero attached hydrogens (tertiary/aromatic N) is 2. The van der Waals surface area contributed by atoms with Crippen molar-refractivity contribution in [3.05, 3.63) is 106 Å². The Balaban J connectivity index is 0.000000201. The van der Waals surface area contributed by atoms with Crippen LogP contribution in [0.2, 0.25) is 0 Å². The van der Waals surface area contributed by atoms with E-state index in [0.717, 1.165) is 20.9 Å². The molecule has 3 aromatic rings. The molecule has 0 amide bonds. The van der Waals surface area contributed by atoms with E-state index in [9.17, 15) is 9.59 Å². The second-order valence-corrected chi connectivity index (χ2v) is 13.7. The number of hydrogen-bond acceptors (Lipinski definition) is 4. The zero-order chi connectivity index (χ0) is 30.6. The first-order valence-corrected chi connectivity index (χ1v) is 16.2. The Kier molecular flexibility index (Phi) is 10.3. The standard InChI is InChI=1S/C22H22O2.C12H17.C3H2N2.Pd/c1-13(2)15-10-7-11-16(14(3)4)21(15)19-12-20(23)17-8-5-6-9-18(17)22(19)24;1-9(2)11-6-5-7-12(8-11)10(3)4;1-2-5-3-4-1;/h5-14H,1-4H3;5-7,9-10H,1-4H3;1-2H;. The predicted molar refractivity (Wildman–Crippen MR) is 174 cm³/mol. The van der Waals surface area contributed by atoms with Crippen LogP contribution in [0.25, 0.3) is 5.57 Å². The van der Waals surface area contributed by atoms with E-state index < -0.39 is 0 Å². The maximum atomic E-state index is 13.1. The van der Waals surface area contributed by atoms with Crippen molar-refractivity contribution >= 4 is 37.8 Å². The number of carbonyl (C=O) groups is 2. The average Bonchev–Trinajstić information content (AvgIpc) is 3.48. The summed E-state index contributed by atoms with van der Waals surface area (Å²) in [5, 5.41) is 0. The van der Waals surface area contributed by atoms with Gasteiger partial charge in [-0.2, -0.15) is 0 Å². The van der Waals surface area contributed by atoms with Crippen molar-refractivity contribution < 1.29 is 27.1 Å². The quantitative estimate of drug-likeness (QED) is 0.252. The van der Waals surface area contributed by atoms with E-state index in [1.165, 1.54) is 21.2 Å². The fourth-order valence-electron chi connectivity index (χ4n) is 5.19. The maximum Gasteiger partial charge on any atom is 0.194 e. The number of Topliss-reactive ketones (excluding diaryl/α,β-unsaturated/α-hetero) is 1. The van der Waals surface area contributed by atoms with Crippen molar-refractivity contribution in [2.24, 2.45) is 9.98 Å². The molecule has 0 unspecified atom stereocenters. The number of allylic oxidation sites excluding steroid dienone is 2. The van der Waals surface area contributed by atoms with Crippen molar-refractivity contribution in [1.82, 2.24) is 0 Å². The molecule has 3 aromatic carbocycles. The third kappa shape index (κ3) is 6.80. The van der Waals surface area contributed by atoms with E-state index in [2.05, 4.69) is 95.7 Å². The van der Waals surface area contributed by atoms with Gasteiger partial charge in [-0.25, -0.2) is 0 Å². The third-order valence-electron chi connectivity index (χ3n) is 7.43. The van der Waals surface area contributed by atoms with E-state index in [-0.39, 0.29) is 23.4 Å². The number of carbonyl (C=O) groups excluding carboxylic acids is 2. The van der Waals surface area contributed by atoms with Crippen LogP contribution in [0.5, 0.6) is 0 Å². The van der Waals surface area contributed by atoms with Crippen LogP contribution in [0, 0.1) is 0 Å². The van der Waals surface area contributed by atoms with Gasteiger partial charge in [-0.05, 0) is 34.6 Å². The SMILES string of the molecule is CC(C)c1cccc(C(C)C)[c]1[Pd]=[C]1N=CC=N1.CC(C)c1cccc(C(C)C)c1C1=CC(=O)c2ccccc2C1=O. The molecule has 0 fully saturated rings. The number of ketones is 2. The smallest absolute Gasteiger partial charge is 0.194 e. The van der Waals surface area contributed by atoms with E-state index in [0.29, 0.717) is 46.1 Å². The van der Waals surface area contributed by atoms with Crippen LogP contribution in [-0.2, 0) is 17.5 Å². The van der Waals surface area contributed by atoms with Gasteiger partial charge >= 0.3 is 117 Å². The first-order chi connectivity index (χ1) is 20.0. The van der Waals surface area contributed by atoms with Crippen LogP contribution >= 0.6 is 0 Å². The van der Waals surface area contributed by atoms with E-state index in [1.807, 2.05) is 12.1 Å². The number of fused-ring (bicyclic) bond motifs is 1. The minimum absolute atomic E-state index is 0.0554. The zero-order valence-electron chi connectivity index (χ0n) is 25.8. The Morgan fingerprint density at radius 1 is 0.571 bits per heavy atom. The van der Waals surface area contributed by atoms with Gasteiger partial charge in [-0.3, -0.25) is 9.59 Å². The fourth-order valence-corrected chi connectivity index (χ4v) is 7.58. The van der Waals surface area contributed by atoms with Crippen LogP contribution in [0.3, 0.4) is 0 Å². The molecule has 1 aliphatic carbocycles. The molecule has 5 heteroatoms. The Hall–Kier alpha value is -3.39. The summed E-state index contributed by atoms with van der Waals surface area (Å²) in [5.41, 5.74) is 7.61. The molecule has 0 radical (unpaired) electrons. The summed E-state index contributed by atoms with van der Waals surface area (Å²) in [5.74, 6) is 1.51. The van der Waals surface area contributed by atoms with Gasteiger partial charge in [0.05, 0.1) is 0 Å². The van der Waals surface area contributed by atoms with Gasteiger partial charge in [0, 0.05) is 16.7 Å². The molecule has 1 heterocycles. The first kappa shape index (κ1) is 31.5. The largest absolute Gasteiger partial charge is 0.289 e. The first-order valence-electron chi connectivity index (χ1n) is 14.7. The van der Waals surface area contributed by atoms with E-state index in [1.54, 1.807) is 30.6 Å². The molecule has 5 rings (SSSR count). The maximum absolute atomic E-state index is 13.1. The Labute approximate surface area is 258 Å². The molecule has 0 N–H and O–H groups in total. The summed E-state index contributed by atoms with van der Waals surface area (Å²) in [6.07, 6.45) is 5.08. The summed E-state index contributed by atoms with van der Waals surface area (Å²) in [7, 11) is 0. The molecule has 1 aliphatic heterocycles. The third-order valence-corrected chi connectivity index (χ3v) is 9.46. The van der Waals surface area contributed by atoms with Gasteiger partial charge in [-0.15, -0.1) is 0 Å².